The third-order valence-corrected chi connectivity index (χ3v) is 8.35. The Bertz CT molecular complexity index is 1430. The summed E-state index contributed by atoms with van der Waals surface area (Å²) in [7, 11) is 0. The first-order valence-corrected chi connectivity index (χ1v) is 17.4. The molecule has 0 saturated heterocycles. The lowest BCUT2D eigenvalue weighted by molar-refractivity contribution is 0.0526. The molecule has 0 aliphatic carbocycles. The molecule has 0 N–H and O–H groups in total. The second-order valence-electron chi connectivity index (χ2n) is 11.9. The van der Waals surface area contributed by atoms with Crippen LogP contribution >= 0.6 is 50.7 Å². The molecule has 0 aliphatic heterocycles. The van der Waals surface area contributed by atoms with Gasteiger partial charge in [-0.05, 0) is 101 Å². The van der Waals surface area contributed by atoms with E-state index < -0.39 is 0 Å². The number of carbonyl (C=O) groups is 1. The number of hydrogen-bond acceptors (Lipinski definition) is 2. The second-order valence-corrected chi connectivity index (χ2v) is 14.0. The molecule has 0 atom stereocenters. The highest BCUT2D eigenvalue weighted by Gasteiger charge is 2.07. The average molecular weight is 753 g/mol. The normalized spacial score (nSPS) is 10.5. The van der Waals surface area contributed by atoms with Crippen molar-refractivity contribution in [3.63, 3.8) is 0 Å². The zero-order chi connectivity index (χ0) is 35.0. The van der Waals surface area contributed by atoms with Crippen LogP contribution in [0.1, 0.15) is 119 Å². The van der Waals surface area contributed by atoms with Gasteiger partial charge in [-0.3, -0.25) is 0 Å². The molecule has 0 radical (unpaired) electrons. The van der Waals surface area contributed by atoms with Gasteiger partial charge in [0.1, 0.15) is 5.82 Å². The fraction of sp³-hybridized carbons (Fsp3) is 0.359. The summed E-state index contributed by atoms with van der Waals surface area (Å²) in [5, 5.41) is 1.46. The van der Waals surface area contributed by atoms with Gasteiger partial charge in [0.15, 0.2) is 0 Å². The molecule has 7 heteroatoms. The minimum atomic E-state index is -0.351. The van der Waals surface area contributed by atoms with Crippen LogP contribution in [0.5, 0.6) is 0 Å². The van der Waals surface area contributed by atoms with Crippen molar-refractivity contribution in [2.75, 3.05) is 6.61 Å². The van der Waals surface area contributed by atoms with E-state index in [0.29, 0.717) is 45.9 Å². The molecule has 2 nitrogen and oxygen atoms in total. The van der Waals surface area contributed by atoms with Crippen molar-refractivity contribution in [3.05, 3.63) is 138 Å². The van der Waals surface area contributed by atoms with Gasteiger partial charge in [0.25, 0.3) is 0 Å². The number of benzene rings is 4. The molecule has 0 amide bonds. The van der Waals surface area contributed by atoms with E-state index in [2.05, 4.69) is 75.7 Å². The van der Waals surface area contributed by atoms with Crippen LogP contribution in [-0.2, 0) is 4.74 Å². The predicted octanol–water partition coefficient (Wildman–Crippen LogP) is 14.3. The average Bonchev–Trinajstić information content (AvgIpc) is 3.01. The van der Waals surface area contributed by atoms with Crippen molar-refractivity contribution >= 4 is 56.7 Å². The van der Waals surface area contributed by atoms with Crippen LogP contribution in [-0.4, -0.2) is 12.6 Å². The molecule has 0 spiro atoms. The minimum absolute atomic E-state index is 0.205. The van der Waals surface area contributed by atoms with Gasteiger partial charge in [0.2, 0.25) is 0 Å². The first-order valence-electron chi connectivity index (χ1n) is 15.5. The highest BCUT2D eigenvalue weighted by Crippen LogP contribution is 2.26. The van der Waals surface area contributed by atoms with Crippen molar-refractivity contribution < 1.29 is 13.9 Å². The Morgan fingerprint density at radius 3 is 1.50 bits per heavy atom. The van der Waals surface area contributed by atoms with Crippen LogP contribution in [0.25, 0.3) is 0 Å². The molecular formula is C39H47BrCl3FO2. The number of hydrogen-bond donors (Lipinski definition) is 0. The lowest BCUT2D eigenvalue weighted by atomic mass is 10.0. The quantitative estimate of drug-likeness (QED) is 0.183. The topological polar surface area (TPSA) is 26.3 Å². The maximum atomic E-state index is 12.6. The monoisotopic (exact) mass is 750 g/mol. The standard InChI is InChI=1S/C12H16O2.C9H11Br.C9H10Cl2.C9H10ClF/c1-4-14-12(13)11-7-5-10(6-8-11)9(2)3;1-7(2)8-4-3-5-9(10)6-8;1-6(2)7-3-4-8(10)9(11)5-7;1-6(2)7-3-4-9(11)8(10)5-7/h5-9H,4H2,1-3H3;3-7H,1-2H3;2*3-6H,1-2H3. The molecular weight excluding hydrogens is 706 g/mol. The van der Waals surface area contributed by atoms with Crippen molar-refractivity contribution in [3.8, 4) is 0 Å². The maximum Gasteiger partial charge on any atom is 0.338 e. The molecule has 250 valence electrons. The van der Waals surface area contributed by atoms with E-state index in [0.717, 1.165) is 5.56 Å². The predicted molar refractivity (Wildman–Crippen MR) is 201 cm³/mol. The van der Waals surface area contributed by atoms with Crippen molar-refractivity contribution in [1.29, 1.82) is 0 Å². The zero-order valence-corrected chi connectivity index (χ0v) is 32.2. The van der Waals surface area contributed by atoms with E-state index in [1.165, 1.54) is 27.2 Å². The largest absolute Gasteiger partial charge is 0.462 e. The summed E-state index contributed by atoms with van der Waals surface area (Å²) in [6.07, 6.45) is 0. The van der Waals surface area contributed by atoms with Gasteiger partial charge < -0.3 is 4.74 Å². The first kappa shape index (κ1) is 41.7. The van der Waals surface area contributed by atoms with Gasteiger partial charge in [-0.2, -0.15) is 0 Å². The number of esters is 1. The van der Waals surface area contributed by atoms with Crippen LogP contribution in [0, 0.1) is 5.82 Å². The lowest BCUT2D eigenvalue weighted by Gasteiger charge is -2.06. The molecule has 0 aromatic heterocycles. The second kappa shape index (κ2) is 21.5. The van der Waals surface area contributed by atoms with Crippen molar-refractivity contribution in [2.24, 2.45) is 0 Å². The van der Waals surface area contributed by atoms with Crippen LogP contribution in [0.4, 0.5) is 4.39 Å². The van der Waals surface area contributed by atoms with E-state index in [4.69, 9.17) is 39.5 Å². The number of rotatable bonds is 6. The van der Waals surface area contributed by atoms with Crippen molar-refractivity contribution in [2.45, 2.75) is 86.0 Å². The van der Waals surface area contributed by atoms with Gasteiger partial charge >= 0.3 is 5.97 Å². The fourth-order valence-electron chi connectivity index (χ4n) is 3.83. The molecule has 4 aromatic rings. The summed E-state index contributed by atoms with van der Waals surface area (Å²) >= 11 is 20.6. The Balaban J connectivity index is 0.000000309. The van der Waals surface area contributed by atoms with Crippen LogP contribution in [0.2, 0.25) is 15.1 Å². The SMILES string of the molecule is CC(C)c1ccc(Cl)c(Cl)c1.CC(C)c1ccc(F)c(Cl)c1.CC(C)c1cccc(Br)c1.CCOC(=O)c1ccc(C(C)C)cc1. The Morgan fingerprint density at radius 2 is 1.09 bits per heavy atom. The molecule has 0 bridgehead atoms. The zero-order valence-electron chi connectivity index (χ0n) is 28.3. The number of halogens is 5. The Hall–Kier alpha value is -2.37. The number of carbonyl (C=O) groups excluding carboxylic acids is 1. The summed E-state index contributed by atoms with van der Waals surface area (Å²) in [4.78, 5) is 11.3. The fourth-order valence-corrected chi connectivity index (χ4v) is 4.74. The molecule has 4 rings (SSSR count). The van der Waals surface area contributed by atoms with Gasteiger partial charge in [-0.15, -0.1) is 0 Å². The first-order chi connectivity index (χ1) is 21.6. The van der Waals surface area contributed by atoms with Gasteiger partial charge in [-0.25, -0.2) is 9.18 Å². The van der Waals surface area contributed by atoms with Crippen LogP contribution in [0.3, 0.4) is 0 Å². The molecule has 0 heterocycles. The smallest absolute Gasteiger partial charge is 0.338 e. The third-order valence-electron chi connectivity index (χ3n) is 6.82. The third kappa shape index (κ3) is 15.5. The van der Waals surface area contributed by atoms with Crippen LogP contribution < -0.4 is 0 Å². The molecule has 0 aliphatic rings. The molecule has 0 saturated carbocycles. The summed E-state index contributed by atoms with van der Waals surface area (Å²) < 4.78 is 18.7. The van der Waals surface area contributed by atoms with Gasteiger partial charge in [-0.1, -0.05) is 143 Å². The lowest BCUT2D eigenvalue weighted by Crippen LogP contribution is -2.04. The highest BCUT2D eigenvalue weighted by molar-refractivity contribution is 9.10. The summed E-state index contributed by atoms with van der Waals surface area (Å²) in [5.41, 5.74) is 5.53. The summed E-state index contributed by atoms with van der Waals surface area (Å²) in [5.74, 6) is 1.42. The maximum absolute atomic E-state index is 12.6. The van der Waals surface area contributed by atoms with E-state index >= 15 is 0 Å². The summed E-state index contributed by atoms with van der Waals surface area (Å²) in [6, 6.07) is 26.6. The summed E-state index contributed by atoms with van der Waals surface area (Å²) in [6.45, 7) is 19.2. The Kier molecular flexibility index (Phi) is 19.5. The minimum Gasteiger partial charge on any atom is -0.462 e. The van der Waals surface area contributed by atoms with Crippen molar-refractivity contribution in [1.82, 2.24) is 0 Å². The molecule has 0 unspecified atom stereocenters. The van der Waals surface area contributed by atoms with Gasteiger partial charge in [0, 0.05) is 4.47 Å². The highest BCUT2D eigenvalue weighted by atomic mass is 79.9. The number of ether oxygens (including phenoxy) is 1. The van der Waals surface area contributed by atoms with E-state index in [9.17, 15) is 9.18 Å². The molecule has 4 aromatic carbocycles. The van der Waals surface area contributed by atoms with Crippen LogP contribution in [0.15, 0.2) is 89.4 Å². The molecule has 0 fully saturated rings. The van der Waals surface area contributed by atoms with E-state index in [1.54, 1.807) is 19.1 Å². The van der Waals surface area contributed by atoms with E-state index in [-0.39, 0.29) is 16.8 Å². The van der Waals surface area contributed by atoms with Gasteiger partial charge in [0.05, 0.1) is 27.2 Å². The Morgan fingerprint density at radius 1 is 0.630 bits per heavy atom. The van der Waals surface area contributed by atoms with E-state index in [1.807, 2.05) is 62.4 Å². The Labute approximate surface area is 299 Å². The molecule has 46 heavy (non-hydrogen) atoms.